The summed E-state index contributed by atoms with van der Waals surface area (Å²) in [4.78, 5) is 20.8. The minimum Gasteiger partial charge on any atom is -0.494 e. The Labute approximate surface area is 220 Å². The van der Waals surface area contributed by atoms with Gasteiger partial charge >= 0.3 is 0 Å². The Hall–Kier alpha value is -4.11. The number of aromatic nitrogens is 5. The van der Waals surface area contributed by atoms with Crippen LogP contribution in [0.5, 0.6) is 5.75 Å². The predicted octanol–water partition coefficient (Wildman–Crippen LogP) is 3.55. The number of carbonyl (C=O) groups excluding carboxylic acids is 1. The van der Waals surface area contributed by atoms with Crippen molar-refractivity contribution in [3.8, 4) is 17.3 Å². The number of benzene rings is 2. The number of hydrogen-bond donors (Lipinski definition) is 1. The molecule has 1 saturated heterocycles. The second-order valence-electron chi connectivity index (χ2n) is 10.7. The lowest BCUT2D eigenvalue weighted by molar-refractivity contribution is 0.0700. The molecule has 2 fully saturated rings. The highest BCUT2D eigenvalue weighted by Gasteiger charge is 2.47. The molecule has 2 N–H and O–H groups in total. The van der Waals surface area contributed by atoms with Crippen molar-refractivity contribution < 1.29 is 9.53 Å². The van der Waals surface area contributed by atoms with Crippen molar-refractivity contribution in [2.75, 3.05) is 13.7 Å². The van der Waals surface area contributed by atoms with Gasteiger partial charge in [-0.25, -0.2) is 4.98 Å². The molecule has 1 aliphatic carbocycles. The zero-order valence-electron chi connectivity index (χ0n) is 21.8. The van der Waals surface area contributed by atoms with E-state index in [1.807, 2.05) is 48.6 Å². The molecule has 2 aromatic carbocycles. The number of fused-ring (bicyclic) bond motifs is 4. The monoisotopic (exact) mass is 509 g/mol. The molecule has 2 bridgehead atoms. The average Bonchev–Trinajstić information content (AvgIpc) is 3.74. The van der Waals surface area contributed by atoms with Crippen molar-refractivity contribution in [1.29, 1.82) is 0 Å². The summed E-state index contributed by atoms with van der Waals surface area (Å²) in [6.45, 7) is 1.29. The molecular weight excluding hydrogens is 478 g/mol. The van der Waals surface area contributed by atoms with Gasteiger partial charge in [-0.3, -0.25) is 9.48 Å². The van der Waals surface area contributed by atoms with Gasteiger partial charge in [-0.2, -0.15) is 5.10 Å². The first-order valence-corrected chi connectivity index (χ1v) is 13.1. The van der Waals surface area contributed by atoms with Crippen molar-refractivity contribution >= 4 is 27.8 Å². The van der Waals surface area contributed by atoms with Crippen LogP contribution in [0.15, 0.2) is 54.9 Å². The Kier molecular flexibility index (Phi) is 5.13. The quantitative estimate of drug-likeness (QED) is 0.391. The minimum absolute atomic E-state index is 0.000754. The van der Waals surface area contributed by atoms with E-state index in [4.69, 9.17) is 15.5 Å². The Morgan fingerprint density at radius 3 is 2.68 bits per heavy atom. The van der Waals surface area contributed by atoms with Crippen LogP contribution in [-0.2, 0) is 20.6 Å². The maximum Gasteiger partial charge on any atom is 0.254 e. The van der Waals surface area contributed by atoms with Crippen LogP contribution >= 0.6 is 0 Å². The largest absolute Gasteiger partial charge is 0.494 e. The summed E-state index contributed by atoms with van der Waals surface area (Å²) < 4.78 is 12.0. The van der Waals surface area contributed by atoms with E-state index in [1.54, 1.807) is 11.8 Å². The van der Waals surface area contributed by atoms with E-state index in [9.17, 15) is 4.79 Å². The van der Waals surface area contributed by atoms with Gasteiger partial charge in [-0.1, -0.05) is 18.2 Å². The Morgan fingerprint density at radius 2 is 2.00 bits per heavy atom. The number of carbonyl (C=O) groups is 1. The van der Waals surface area contributed by atoms with Crippen molar-refractivity contribution in [2.45, 2.75) is 31.5 Å². The van der Waals surface area contributed by atoms with Crippen LogP contribution in [0, 0.1) is 5.92 Å². The van der Waals surface area contributed by atoms with Crippen LogP contribution in [0.3, 0.4) is 0 Å². The van der Waals surface area contributed by atoms with Crippen LogP contribution in [0.4, 0.5) is 0 Å². The Morgan fingerprint density at radius 1 is 1.16 bits per heavy atom. The van der Waals surface area contributed by atoms with Gasteiger partial charge in [0.25, 0.3) is 5.91 Å². The van der Waals surface area contributed by atoms with Crippen LogP contribution < -0.4 is 10.5 Å². The number of likely N-dealkylation sites (tertiary alicyclic amines) is 1. The molecule has 5 aromatic rings. The standard InChI is InChI=1S/C29H31N7O2/c1-33-14-17(13-31-33)15-36-27-21(32-28(36)24-11-18-6-4-5-7-22(18)34(24)2)10-20(12-25(27)38-3)29(37)35-16-19-8-9-23(35)26(19)30/h4-7,10-14,19,23,26H,8-9,15-16,30H2,1-3H3/t19?,23?,26-/m1/s1. The highest BCUT2D eigenvalue weighted by molar-refractivity contribution is 6.00. The van der Waals surface area contributed by atoms with Crippen LogP contribution in [0.1, 0.15) is 28.8 Å². The second kappa shape index (κ2) is 8.46. The normalized spacial score (nSPS) is 20.7. The molecule has 2 aliphatic rings. The lowest BCUT2D eigenvalue weighted by Gasteiger charge is -2.27. The minimum atomic E-state index is 0.000754. The molecule has 194 valence electrons. The van der Waals surface area contributed by atoms with Gasteiger partial charge in [-0.05, 0) is 43.0 Å². The molecule has 0 radical (unpaired) electrons. The summed E-state index contributed by atoms with van der Waals surface area (Å²) in [6, 6.07) is 14.4. The number of para-hydroxylation sites is 1. The molecule has 7 rings (SSSR count). The molecule has 3 atom stereocenters. The fraction of sp³-hybridized carbons (Fsp3) is 0.345. The number of aryl methyl sites for hydroxylation is 2. The molecule has 3 aromatic heterocycles. The number of ether oxygens (including phenoxy) is 1. The second-order valence-corrected chi connectivity index (χ2v) is 10.7. The zero-order chi connectivity index (χ0) is 26.1. The maximum atomic E-state index is 13.7. The molecular formula is C29H31N7O2. The molecule has 0 spiro atoms. The van der Waals surface area contributed by atoms with E-state index in [2.05, 4.69) is 39.5 Å². The third-order valence-electron chi connectivity index (χ3n) is 8.47. The highest BCUT2D eigenvalue weighted by Crippen LogP contribution is 2.39. The number of nitrogens with zero attached hydrogens (tertiary/aromatic N) is 6. The smallest absolute Gasteiger partial charge is 0.254 e. The van der Waals surface area contributed by atoms with E-state index in [1.165, 1.54) is 0 Å². The molecule has 9 nitrogen and oxygen atoms in total. The van der Waals surface area contributed by atoms with Crippen molar-refractivity contribution in [2.24, 2.45) is 25.7 Å². The average molecular weight is 510 g/mol. The van der Waals surface area contributed by atoms with Crippen LogP contribution in [-0.4, -0.2) is 60.4 Å². The number of methoxy groups -OCH3 is 1. The van der Waals surface area contributed by atoms with Gasteiger partial charge in [0.05, 0.1) is 31.1 Å². The lowest BCUT2D eigenvalue weighted by atomic mass is 10.1. The third kappa shape index (κ3) is 3.38. The van der Waals surface area contributed by atoms with E-state index in [0.29, 0.717) is 23.8 Å². The summed E-state index contributed by atoms with van der Waals surface area (Å²) in [6.07, 6.45) is 5.95. The van der Waals surface area contributed by atoms with E-state index < -0.39 is 0 Å². The fourth-order valence-corrected chi connectivity index (χ4v) is 6.55. The Balaban J connectivity index is 1.40. The lowest BCUT2D eigenvalue weighted by Crippen LogP contribution is -2.41. The number of hydrogen-bond acceptors (Lipinski definition) is 5. The summed E-state index contributed by atoms with van der Waals surface area (Å²) in [5, 5.41) is 5.51. The fourth-order valence-electron chi connectivity index (χ4n) is 6.55. The molecule has 2 unspecified atom stereocenters. The number of imidazole rings is 1. The SMILES string of the molecule is COc1cc(C(=O)N2CC3CCC2[C@@H]3N)cc2nc(-c3cc4ccccc4n3C)n(Cc3cnn(C)c3)c12. The predicted molar refractivity (Wildman–Crippen MR) is 146 cm³/mol. The van der Waals surface area contributed by atoms with Crippen LogP contribution in [0.2, 0.25) is 0 Å². The van der Waals surface area contributed by atoms with Gasteiger partial charge in [0.15, 0.2) is 5.82 Å². The molecule has 1 aliphatic heterocycles. The van der Waals surface area contributed by atoms with Crippen molar-refractivity contribution in [1.82, 2.24) is 28.8 Å². The van der Waals surface area contributed by atoms with Crippen molar-refractivity contribution in [3.05, 3.63) is 66.0 Å². The molecule has 1 saturated carbocycles. The van der Waals surface area contributed by atoms with E-state index >= 15 is 0 Å². The first-order valence-electron chi connectivity index (χ1n) is 13.1. The third-order valence-corrected chi connectivity index (χ3v) is 8.47. The summed E-state index contributed by atoms with van der Waals surface area (Å²) in [5.74, 6) is 1.83. The van der Waals surface area contributed by atoms with Gasteiger partial charge in [0.2, 0.25) is 0 Å². The summed E-state index contributed by atoms with van der Waals surface area (Å²) >= 11 is 0. The molecule has 4 heterocycles. The highest BCUT2D eigenvalue weighted by atomic mass is 16.5. The summed E-state index contributed by atoms with van der Waals surface area (Å²) in [7, 11) is 5.62. The molecule has 38 heavy (non-hydrogen) atoms. The number of piperidine rings is 1. The van der Waals surface area contributed by atoms with Gasteiger partial charge in [-0.15, -0.1) is 0 Å². The summed E-state index contributed by atoms with van der Waals surface area (Å²) in [5.41, 5.74) is 11.7. The maximum absolute atomic E-state index is 13.7. The van der Waals surface area contributed by atoms with E-state index in [0.717, 1.165) is 58.4 Å². The zero-order valence-corrected chi connectivity index (χ0v) is 21.8. The van der Waals surface area contributed by atoms with Crippen molar-refractivity contribution in [3.63, 3.8) is 0 Å². The first-order chi connectivity index (χ1) is 18.4. The van der Waals surface area contributed by atoms with Crippen LogP contribution in [0.25, 0.3) is 33.5 Å². The molecule has 1 amide bonds. The van der Waals surface area contributed by atoms with Gasteiger partial charge in [0, 0.05) is 61.0 Å². The molecule has 9 heteroatoms. The van der Waals surface area contributed by atoms with Gasteiger partial charge < -0.3 is 24.5 Å². The van der Waals surface area contributed by atoms with Gasteiger partial charge in [0.1, 0.15) is 11.3 Å². The van der Waals surface area contributed by atoms with E-state index in [-0.39, 0.29) is 18.0 Å². The Bertz CT molecular complexity index is 1710. The first kappa shape index (κ1) is 23.0. The number of nitrogens with two attached hydrogens (primary N) is 1. The topological polar surface area (TPSA) is 96.1 Å². The number of amides is 1. The number of rotatable bonds is 5.